The molecule has 0 spiro atoms. The van der Waals surface area contributed by atoms with Crippen molar-refractivity contribution in [3.63, 3.8) is 0 Å². The molecule has 58 heavy (non-hydrogen) atoms. The molecule has 344 valence electrons. The Bertz CT molecular complexity index is 1270. The molecule has 0 aromatic carbocycles. The van der Waals surface area contributed by atoms with Crippen molar-refractivity contribution < 1.29 is 46.8 Å². The highest BCUT2D eigenvalue weighted by molar-refractivity contribution is 6.70. The zero-order valence-electron chi connectivity index (χ0n) is 37.4. The highest BCUT2D eigenvalue weighted by Gasteiger charge is 2.59. The molecule has 1 N–H and O–H groups in total. The van der Waals surface area contributed by atoms with Crippen LogP contribution < -0.4 is 0 Å². The van der Waals surface area contributed by atoms with Crippen molar-refractivity contribution in [2.24, 2.45) is 35.5 Å². The molecule has 4 heterocycles. The van der Waals surface area contributed by atoms with Crippen LogP contribution in [0.1, 0.15) is 41.5 Å². The third kappa shape index (κ3) is 13.5. The van der Waals surface area contributed by atoms with Crippen LogP contribution in [-0.2, 0) is 41.7 Å². The van der Waals surface area contributed by atoms with Crippen LogP contribution in [0, 0.1) is 35.5 Å². The summed E-state index contributed by atoms with van der Waals surface area (Å²) >= 11 is 38.4. The number of halogens is 6. The number of hydrogen-bond donors (Lipinski definition) is 1. The average molecular weight is 1000 g/mol. The fourth-order valence-corrected chi connectivity index (χ4v) is 12.8. The van der Waals surface area contributed by atoms with Crippen LogP contribution in [0.15, 0.2) is 0 Å². The van der Waals surface area contributed by atoms with Crippen LogP contribution in [-0.4, -0.2) is 138 Å². The number of hydrogen-bond acceptors (Lipinski definition) is 10. The molecule has 0 aromatic heterocycles. The summed E-state index contributed by atoms with van der Waals surface area (Å²) in [5.41, 5.74) is 0. The van der Waals surface area contributed by atoms with Crippen molar-refractivity contribution in [2.45, 2.75) is 172 Å². The van der Waals surface area contributed by atoms with Gasteiger partial charge >= 0.3 is 0 Å². The Morgan fingerprint density at radius 3 is 1.21 bits per heavy atom. The van der Waals surface area contributed by atoms with E-state index < -0.39 is 55.2 Å². The van der Waals surface area contributed by atoms with E-state index in [2.05, 4.69) is 79.7 Å². The molecule has 10 nitrogen and oxygen atoms in total. The summed E-state index contributed by atoms with van der Waals surface area (Å²) in [7, 11) is -5.34. The Kier molecular flexibility index (Phi) is 20.6. The fourth-order valence-electron chi connectivity index (χ4n) is 7.82. The molecule has 18 atom stereocenters. The molecule has 4 aliphatic heterocycles. The van der Waals surface area contributed by atoms with Crippen LogP contribution in [0.5, 0.6) is 0 Å². The Hall–Kier alpha value is 1.99. The van der Waals surface area contributed by atoms with Gasteiger partial charge in [-0.2, -0.15) is 0 Å². The maximum Gasteiger partial charge on any atom is 0.190 e. The van der Waals surface area contributed by atoms with Crippen molar-refractivity contribution in [2.75, 3.05) is 36.7 Å². The molecular formula is C39H74Cl6O10Si3. The zero-order chi connectivity index (χ0) is 44.3. The van der Waals surface area contributed by atoms with Gasteiger partial charge in [0.25, 0.3) is 0 Å². The van der Waals surface area contributed by atoms with Gasteiger partial charge in [-0.1, -0.05) is 41.5 Å². The number of alkyl halides is 6. The van der Waals surface area contributed by atoms with Crippen molar-refractivity contribution in [1.82, 2.24) is 0 Å². The molecule has 6 unspecified atom stereocenters. The molecule has 19 heteroatoms. The fraction of sp³-hybridized carbons (Fsp3) is 1.00. The Balaban J connectivity index is 0.000000313. The topological polar surface area (TPSA) is 103 Å². The lowest BCUT2D eigenvalue weighted by Gasteiger charge is -2.46. The highest BCUT2D eigenvalue weighted by atomic mass is 35.5. The Labute approximate surface area is 383 Å². The zero-order valence-corrected chi connectivity index (χ0v) is 44.9. The van der Waals surface area contributed by atoms with E-state index in [1.165, 1.54) is 0 Å². The van der Waals surface area contributed by atoms with Gasteiger partial charge < -0.3 is 46.8 Å². The van der Waals surface area contributed by atoms with Crippen molar-refractivity contribution in [3.05, 3.63) is 0 Å². The minimum Gasteiger partial charge on any atom is -0.415 e. The average Bonchev–Trinajstić information content (AvgIpc) is 3.54. The maximum atomic E-state index is 9.61. The second-order valence-electron chi connectivity index (χ2n) is 19.7. The van der Waals surface area contributed by atoms with Crippen molar-refractivity contribution >= 4 is 94.6 Å². The Morgan fingerprint density at radius 1 is 0.534 bits per heavy atom. The van der Waals surface area contributed by atoms with Gasteiger partial charge in [-0.15, -0.1) is 69.6 Å². The normalized spacial score (nSPS) is 44.0. The summed E-state index contributed by atoms with van der Waals surface area (Å²) in [6.45, 7) is 32.0. The lowest BCUT2D eigenvalue weighted by Crippen LogP contribution is -2.55. The molecule has 0 amide bonds. The van der Waals surface area contributed by atoms with Crippen LogP contribution in [0.25, 0.3) is 0 Å². The van der Waals surface area contributed by atoms with Crippen LogP contribution in [0.4, 0.5) is 0 Å². The van der Waals surface area contributed by atoms with Crippen LogP contribution in [0.2, 0.25) is 58.9 Å². The van der Waals surface area contributed by atoms with Gasteiger partial charge in [0.2, 0.25) is 0 Å². The second-order valence-corrected chi connectivity index (χ2v) is 35.3. The summed E-state index contributed by atoms with van der Waals surface area (Å²) in [5.74, 6) is -1.08. The molecule has 0 aromatic rings. The summed E-state index contributed by atoms with van der Waals surface area (Å²) in [6.07, 6.45) is -2.82. The largest absolute Gasteiger partial charge is 0.415 e. The molecule has 4 rings (SSSR count). The van der Waals surface area contributed by atoms with E-state index in [0.29, 0.717) is 18.4 Å². The number of rotatable bonds is 16. The van der Waals surface area contributed by atoms with Crippen LogP contribution in [0.3, 0.4) is 0 Å². The lowest BCUT2D eigenvalue weighted by molar-refractivity contribution is -0.338. The molecule has 4 aliphatic rings. The van der Waals surface area contributed by atoms with Gasteiger partial charge in [-0.25, -0.2) is 0 Å². The number of aliphatic hydroxyl groups is 1. The summed E-state index contributed by atoms with van der Waals surface area (Å²) < 4.78 is 56.8. The lowest BCUT2D eigenvalue weighted by atomic mass is 9.86. The maximum absolute atomic E-state index is 9.61. The molecular weight excluding hydrogens is 925 g/mol. The summed E-state index contributed by atoms with van der Waals surface area (Å²) in [5, 5.41) is 9.18. The molecule has 0 saturated carbocycles. The number of aliphatic hydroxyl groups excluding tert-OH is 1. The quantitative estimate of drug-likeness (QED) is 0.119. The minimum absolute atomic E-state index is 0.0117. The molecule has 0 aliphatic carbocycles. The van der Waals surface area contributed by atoms with Gasteiger partial charge in [0, 0.05) is 23.7 Å². The van der Waals surface area contributed by atoms with E-state index >= 15 is 0 Å². The SMILES string of the molecule is CC1[C@@H](O[C@]2(CCl)O[C@H](CCl)C(O[Si](C)(C)C)[C@H]2C)OC(CO)[C@H](Cl)[C@@H]1C.CC1[C@@H](O[C@]2(CCl)O[C@H](CCl)C(O[Si](C)(C)C)[C@H]2C)OC(CO[Si](C)(C)C)[C@H](Cl)[C@@H]1C. The van der Waals surface area contributed by atoms with Gasteiger partial charge in [0.15, 0.2) is 49.1 Å². The first-order valence-electron chi connectivity index (χ1n) is 20.8. The Morgan fingerprint density at radius 2 is 0.897 bits per heavy atom. The van der Waals surface area contributed by atoms with Crippen molar-refractivity contribution in [1.29, 1.82) is 0 Å². The van der Waals surface area contributed by atoms with E-state index in [1.54, 1.807) is 0 Å². The minimum atomic E-state index is -1.82. The van der Waals surface area contributed by atoms with E-state index in [-0.39, 0.29) is 95.1 Å². The summed E-state index contributed by atoms with van der Waals surface area (Å²) in [6, 6.07) is 0. The smallest absolute Gasteiger partial charge is 0.190 e. The molecule has 0 radical (unpaired) electrons. The van der Waals surface area contributed by atoms with E-state index in [4.69, 9.17) is 111 Å². The molecule has 4 fully saturated rings. The van der Waals surface area contributed by atoms with E-state index in [1.807, 2.05) is 20.8 Å². The first kappa shape index (κ1) is 54.3. The number of ether oxygens (including phenoxy) is 6. The predicted octanol–water partition coefficient (Wildman–Crippen LogP) is 9.92. The second kappa shape index (κ2) is 22.0. The van der Waals surface area contributed by atoms with E-state index in [9.17, 15) is 5.11 Å². The van der Waals surface area contributed by atoms with Gasteiger partial charge in [0.05, 0.1) is 78.0 Å². The summed E-state index contributed by atoms with van der Waals surface area (Å²) in [4.78, 5) is 0. The predicted molar refractivity (Wildman–Crippen MR) is 245 cm³/mol. The van der Waals surface area contributed by atoms with Crippen LogP contribution >= 0.6 is 69.6 Å². The van der Waals surface area contributed by atoms with Crippen molar-refractivity contribution in [3.8, 4) is 0 Å². The third-order valence-electron chi connectivity index (χ3n) is 11.8. The van der Waals surface area contributed by atoms with Gasteiger partial charge in [-0.05, 0) is 70.8 Å². The highest BCUT2D eigenvalue weighted by Crippen LogP contribution is 2.47. The van der Waals surface area contributed by atoms with Gasteiger partial charge in [-0.3, -0.25) is 0 Å². The monoisotopic (exact) mass is 996 g/mol. The standard InChI is InChI=1S/C21H41Cl3O5Si2.C18H33Cl3O5Si/c1-13-14(2)20(26-17(18(13)24)11-25-30(4,5)6)28-21(12-23)15(3)19(16(10-22)27-21)29-31(7,8)9;1-10-11(2)17(23-14(8-22)15(10)21)25-18(9-20)12(3)16(13(7-19)24-18)26-27(4,5)6/h13-20H,10-12H2,1-9H3;10-17,22H,7-9H2,1-6H3/t13-,14?,15-,16-,17?,18-,19?,20-,21+;10-,11?,12-,13-,14?,15-,16?,17-,18+/m11/s1. The molecule has 0 bridgehead atoms. The first-order chi connectivity index (χ1) is 26.6. The van der Waals surface area contributed by atoms with Gasteiger partial charge in [0.1, 0.15) is 6.10 Å². The first-order valence-corrected chi connectivity index (χ1v) is 34.0. The molecule has 4 saturated heterocycles. The third-order valence-corrected chi connectivity index (χ3v) is 17.5. The van der Waals surface area contributed by atoms with E-state index in [0.717, 1.165) is 0 Å².